The first-order chi connectivity index (χ1) is 12.1. The minimum atomic E-state index is 0.145. The first kappa shape index (κ1) is 17.4. The number of pyridine rings is 1. The van der Waals surface area contributed by atoms with Crippen LogP contribution in [0.1, 0.15) is 29.7 Å². The highest BCUT2D eigenvalue weighted by atomic mass is 16.5. The molecule has 0 amide bonds. The van der Waals surface area contributed by atoms with E-state index in [-0.39, 0.29) is 12.6 Å². The fourth-order valence-electron chi connectivity index (χ4n) is 3.32. The maximum absolute atomic E-state index is 9.51. The number of nitrogens with zero attached hydrogens (tertiary/aromatic N) is 4. The topological polar surface area (TPSA) is 83.4 Å². The van der Waals surface area contributed by atoms with Crippen molar-refractivity contribution in [3.05, 3.63) is 35.3 Å². The molecule has 0 aromatic carbocycles. The Labute approximate surface area is 148 Å². The molecular weight excluding hydrogens is 318 g/mol. The zero-order valence-corrected chi connectivity index (χ0v) is 15.0. The van der Waals surface area contributed by atoms with Crippen molar-refractivity contribution in [2.45, 2.75) is 39.3 Å². The number of rotatable bonds is 6. The molecule has 1 aliphatic heterocycles. The molecule has 25 heavy (non-hydrogen) atoms. The normalized spacial score (nSPS) is 17.0. The maximum atomic E-state index is 9.51. The predicted molar refractivity (Wildman–Crippen MR) is 97.1 cm³/mol. The van der Waals surface area contributed by atoms with E-state index in [4.69, 9.17) is 4.74 Å². The minimum Gasteiger partial charge on any atom is -0.481 e. The van der Waals surface area contributed by atoms with Gasteiger partial charge in [-0.15, -0.1) is 0 Å². The summed E-state index contributed by atoms with van der Waals surface area (Å²) in [4.78, 5) is 15.3. The molecule has 3 heterocycles. The van der Waals surface area contributed by atoms with Crippen LogP contribution in [0.3, 0.4) is 0 Å². The number of hydrogen-bond acceptors (Lipinski definition) is 7. The molecule has 0 spiro atoms. The predicted octanol–water partition coefficient (Wildman–Crippen LogP) is 2.07. The van der Waals surface area contributed by atoms with Crippen molar-refractivity contribution in [2.75, 3.05) is 30.5 Å². The van der Waals surface area contributed by atoms with Crippen molar-refractivity contribution in [3.8, 4) is 5.88 Å². The summed E-state index contributed by atoms with van der Waals surface area (Å²) in [5.41, 5.74) is 3.08. The monoisotopic (exact) mass is 343 g/mol. The smallest absolute Gasteiger partial charge is 0.218 e. The van der Waals surface area contributed by atoms with Gasteiger partial charge < -0.3 is 20.1 Å². The van der Waals surface area contributed by atoms with Gasteiger partial charge in [-0.3, -0.25) is 0 Å². The fraction of sp³-hybridized carbons (Fsp3) is 0.500. The Kier molecular flexibility index (Phi) is 5.33. The van der Waals surface area contributed by atoms with E-state index in [1.807, 2.05) is 19.1 Å². The molecule has 2 aromatic rings. The van der Waals surface area contributed by atoms with Gasteiger partial charge >= 0.3 is 0 Å². The van der Waals surface area contributed by atoms with Gasteiger partial charge in [0.05, 0.1) is 19.8 Å². The second kappa shape index (κ2) is 7.65. The Bertz CT molecular complexity index is 737. The maximum Gasteiger partial charge on any atom is 0.218 e. The van der Waals surface area contributed by atoms with Gasteiger partial charge in [0.25, 0.3) is 0 Å². The van der Waals surface area contributed by atoms with Crippen LogP contribution >= 0.6 is 0 Å². The number of hydrogen-bond donors (Lipinski definition) is 2. The molecule has 0 saturated carbocycles. The van der Waals surface area contributed by atoms with Crippen molar-refractivity contribution in [3.63, 3.8) is 0 Å². The number of aliphatic hydroxyl groups is 1. The molecule has 7 nitrogen and oxygen atoms in total. The van der Waals surface area contributed by atoms with E-state index >= 15 is 0 Å². The SMILES string of the molecule is COc1nc(C)cc(C)c1CNc1cc(N2CCC[C@@H]2CO)ncn1. The average molecular weight is 343 g/mol. The van der Waals surface area contributed by atoms with E-state index in [2.05, 4.69) is 32.1 Å². The van der Waals surface area contributed by atoms with Crippen molar-refractivity contribution < 1.29 is 9.84 Å². The van der Waals surface area contributed by atoms with E-state index < -0.39 is 0 Å². The lowest BCUT2D eigenvalue weighted by Gasteiger charge is -2.24. The summed E-state index contributed by atoms with van der Waals surface area (Å²) in [6.45, 7) is 5.64. The number of aliphatic hydroxyl groups excluding tert-OH is 1. The standard InChI is InChI=1S/C18H25N5O2/c1-12-7-13(2)22-18(25-3)15(12)9-19-16-8-17(21-11-20-16)23-6-4-5-14(23)10-24/h7-8,11,14,24H,4-6,9-10H2,1-3H3,(H,19,20,21)/t14-/m1/s1. The number of ether oxygens (including phenoxy) is 1. The van der Waals surface area contributed by atoms with Gasteiger partial charge in [-0.25, -0.2) is 15.0 Å². The summed E-state index contributed by atoms with van der Waals surface area (Å²) in [6, 6.07) is 4.12. The quantitative estimate of drug-likeness (QED) is 0.831. The largest absolute Gasteiger partial charge is 0.481 e. The van der Waals surface area contributed by atoms with Crippen LogP contribution in [-0.4, -0.2) is 46.4 Å². The van der Waals surface area contributed by atoms with Crippen LogP contribution in [0.2, 0.25) is 0 Å². The van der Waals surface area contributed by atoms with Crippen LogP contribution in [0.5, 0.6) is 5.88 Å². The summed E-state index contributed by atoms with van der Waals surface area (Å²) < 4.78 is 5.41. The molecule has 1 atom stereocenters. The van der Waals surface area contributed by atoms with Crippen LogP contribution in [-0.2, 0) is 6.54 Å². The highest BCUT2D eigenvalue weighted by Gasteiger charge is 2.25. The van der Waals surface area contributed by atoms with E-state index in [0.717, 1.165) is 47.8 Å². The number of methoxy groups -OCH3 is 1. The number of aromatic nitrogens is 3. The molecule has 0 aliphatic carbocycles. The van der Waals surface area contributed by atoms with Gasteiger partial charge in [-0.1, -0.05) is 0 Å². The Morgan fingerprint density at radius 2 is 2.16 bits per heavy atom. The summed E-state index contributed by atoms with van der Waals surface area (Å²) in [5, 5.41) is 12.8. The second-order valence-electron chi connectivity index (χ2n) is 6.36. The molecule has 0 radical (unpaired) electrons. The first-order valence-corrected chi connectivity index (χ1v) is 8.57. The zero-order chi connectivity index (χ0) is 17.8. The van der Waals surface area contributed by atoms with Crippen molar-refractivity contribution in [2.24, 2.45) is 0 Å². The molecule has 0 bridgehead atoms. The average Bonchev–Trinajstić information content (AvgIpc) is 3.09. The van der Waals surface area contributed by atoms with Crippen molar-refractivity contribution in [1.82, 2.24) is 15.0 Å². The number of nitrogens with one attached hydrogen (secondary N) is 1. The lowest BCUT2D eigenvalue weighted by Crippen LogP contribution is -2.32. The van der Waals surface area contributed by atoms with Gasteiger partial charge in [0.15, 0.2) is 0 Å². The van der Waals surface area contributed by atoms with Crippen molar-refractivity contribution in [1.29, 1.82) is 0 Å². The highest BCUT2D eigenvalue weighted by molar-refractivity contribution is 5.50. The first-order valence-electron chi connectivity index (χ1n) is 8.57. The zero-order valence-electron chi connectivity index (χ0n) is 15.0. The Morgan fingerprint density at radius 3 is 2.92 bits per heavy atom. The molecule has 2 N–H and O–H groups in total. The molecule has 2 aromatic heterocycles. The molecule has 7 heteroatoms. The van der Waals surface area contributed by atoms with E-state index in [1.165, 1.54) is 0 Å². The summed E-state index contributed by atoms with van der Waals surface area (Å²) in [6.07, 6.45) is 3.63. The molecule has 0 unspecified atom stereocenters. The number of aryl methyl sites for hydroxylation is 2. The van der Waals surface area contributed by atoms with E-state index in [9.17, 15) is 5.11 Å². The molecule has 1 aliphatic rings. The van der Waals surface area contributed by atoms with Crippen molar-refractivity contribution >= 4 is 11.6 Å². The molecule has 3 rings (SSSR count). The summed E-state index contributed by atoms with van der Waals surface area (Å²) in [7, 11) is 1.63. The fourth-order valence-corrected chi connectivity index (χ4v) is 3.32. The van der Waals surface area contributed by atoms with Crippen LogP contribution in [0.15, 0.2) is 18.5 Å². The molecule has 1 fully saturated rings. The number of anilines is 2. The third kappa shape index (κ3) is 3.82. The van der Waals surface area contributed by atoms with Gasteiger partial charge in [0.1, 0.15) is 18.0 Å². The van der Waals surface area contributed by atoms with Crippen LogP contribution in [0.4, 0.5) is 11.6 Å². The Morgan fingerprint density at radius 1 is 1.32 bits per heavy atom. The van der Waals surface area contributed by atoms with Gasteiger partial charge in [-0.05, 0) is 38.3 Å². The minimum absolute atomic E-state index is 0.145. The third-order valence-electron chi connectivity index (χ3n) is 4.61. The van der Waals surface area contributed by atoms with Crippen LogP contribution in [0, 0.1) is 13.8 Å². The Balaban J connectivity index is 1.75. The second-order valence-corrected chi connectivity index (χ2v) is 6.36. The summed E-state index contributed by atoms with van der Waals surface area (Å²) in [5.74, 6) is 2.23. The van der Waals surface area contributed by atoms with E-state index in [1.54, 1.807) is 13.4 Å². The highest BCUT2D eigenvalue weighted by Crippen LogP contribution is 2.26. The van der Waals surface area contributed by atoms with Gasteiger partial charge in [-0.2, -0.15) is 0 Å². The molecule has 134 valence electrons. The molecular formula is C18H25N5O2. The Hall–Kier alpha value is -2.41. The van der Waals surface area contributed by atoms with Gasteiger partial charge in [0.2, 0.25) is 5.88 Å². The lowest BCUT2D eigenvalue weighted by atomic mass is 10.1. The molecule has 1 saturated heterocycles. The summed E-state index contributed by atoms with van der Waals surface area (Å²) >= 11 is 0. The lowest BCUT2D eigenvalue weighted by molar-refractivity contribution is 0.266. The third-order valence-corrected chi connectivity index (χ3v) is 4.61. The van der Waals surface area contributed by atoms with Crippen LogP contribution < -0.4 is 15.0 Å². The van der Waals surface area contributed by atoms with E-state index in [0.29, 0.717) is 12.4 Å². The van der Waals surface area contributed by atoms with Gasteiger partial charge in [0, 0.05) is 30.4 Å². The van der Waals surface area contributed by atoms with Crippen LogP contribution in [0.25, 0.3) is 0 Å².